The van der Waals surface area contributed by atoms with Gasteiger partial charge in [-0.3, -0.25) is 29.3 Å². The third-order valence-electron chi connectivity index (χ3n) is 3.47. The van der Waals surface area contributed by atoms with Crippen LogP contribution in [-0.2, 0) is 14.3 Å². The lowest BCUT2D eigenvalue weighted by molar-refractivity contribution is -0.119. The topological polar surface area (TPSA) is 139 Å². The predicted molar refractivity (Wildman–Crippen MR) is 81.9 cm³/mol. The largest absolute Gasteiger partial charge is 0.464 e. The smallest absolute Gasteiger partial charge is 0.280 e. The van der Waals surface area contributed by atoms with E-state index in [1.165, 1.54) is 17.0 Å². The highest BCUT2D eigenvalue weighted by Crippen LogP contribution is 2.27. The Labute approximate surface area is 135 Å². The molecule has 1 aliphatic rings. The molecule has 0 radical (unpaired) electrons. The van der Waals surface area contributed by atoms with Gasteiger partial charge in [-0.2, -0.15) is 4.98 Å². The van der Waals surface area contributed by atoms with Crippen LogP contribution in [0.1, 0.15) is 20.1 Å². The van der Waals surface area contributed by atoms with Crippen LogP contribution in [0.15, 0.2) is 23.0 Å². The molecule has 2 atom stereocenters. The molecule has 3 rings (SSSR count). The summed E-state index contributed by atoms with van der Waals surface area (Å²) >= 11 is 0. The van der Waals surface area contributed by atoms with Crippen LogP contribution >= 0.6 is 0 Å². The molecule has 0 bridgehead atoms. The van der Waals surface area contributed by atoms with E-state index in [2.05, 4.69) is 20.3 Å². The molecule has 126 valence electrons. The minimum atomic E-state index is -1.10. The fourth-order valence-electron chi connectivity index (χ4n) is 2.22. The number of nitrogens with one attached hydrogen (secondary N) is 2. The summed E-state index contributed by atoms with van der Waals surface area (Å²) < 4.78 is 6.63. The molecule has 0 saturated carbocycles. The highest BCUT2D eigenvalue weighted by atomic mass is 16.5. The van der Waals surface area contributed by atoms with E-state index in [0.29, 0.717) is 6.29 Å². The molecule has 10 nitrogen and oxygen atoms in total. The number of amides is 1. The van der Waals surface area contributed by atoms with Crippen molar-refractivity contribution in [2.24, 2.45) is 5.92 Å². The first-order valence-electron chi connectivity index (χ1n) is 7.20. The number of aromatic nitrogens is 4. The van der Waals surface area contributed by atoms with Crippen molar-refractivity contribution in [3.8, 4) is 0 Å². The van der Waals surface area contributed by atoms with Crippen molar-refractivity contribution >= 4 is 29.3 Å². The number of H-pyrrole nitrogens is 1. The van der Waals surface area contributed by atoms with Gasteiger partial charge >= 0.3 is 0 Å². The number of fused-ring (bicyclic) bond motifs is 1. The summed E-state index contributed by atoms with van der Waals surface area (Å²) in [6.07, 6.45) is 0.918. The fraction of sp³-hybridized carbons (Fsp3) is 0.357. The number of imidazole rings is 1. The van der Waals surface area contributed by atoms with Crippen LogP contribution in [0.4, 0.5) is 5.95 Å². The first-order chi connectivity index (χ1) is 11.4. The number of rotatable bonds is 4. The van der Waals surface area contributed by atoms with Crippen LogP contribution in [0.3, 0.4) is 0 Å². The third-order valence-corrected chi connectivity index (χ3v) is 3.47. The maximum atomic E-state index is 12.1. The van der Waals surface area contributed by atoms with Gasteiger partial charge in [0, 0.05) is 5.92 Å². The maximum absolute atomic E-state index is 12.1. The van der Waals surface area contributed by atoms with Crippen LogP contribution in [-0.4, -0.2) is 42.9 Å². The Morgan fingerprint density at radius 1 is 1.54 bits per heavy atom. The van der Waals surface area contributed by atoms with E-state index in [4.69, 9.17) is 4.74 Å². The third kappa shape index (κ3) is 2.67. The number of allylic oxidation sites excluding steroid dienone is 1. The number of nitrogens with zero attached hydrogens (tertiary/aromatic N) is 3. The molecule has 2 unspecified atom stereocenters. The molecule has 0 aromatic carbocycles. The van der Waals surface area contributed by atoms with Crippen molar-refractivity contribution in [3.05, 3.63) is 28.5 Å². The molecule has 3 heterocycles. The molecule has 2 aromatic heterocycles. The second-order valence-electron chi connectivity index (χ2n) is 5.57. The fourth-order valence-corrected chi connectivity index (χ4v) is 2.22. The van der Waals surface area contributed by atoms with Gasteiger partial charge in [0.25, 0.3) is 5.56 Å². The van der Waals surface area contributed by atoms with Gasteiger partial charge in [0.1, 0.15) is 12.4 Å². The quantitative estimate of drug-likeness (QED) is 0.652. The SMILES string of the molecule is CC(C)C(=O)Nc1nc2c(ncn2C2OC(C=O)=CC2O)c(=O)[nH]1. The molecular weight excluding hydrogens is 318 g/mol. The molecule has 0 fully saturated rings. The number of hydrogen-bond acceptors (Lipinski definition) is 7. The van der Waals surface area contributed by atoms with Crippen molar-refractivity contribution in [1.82, 2.24) is 19.5 Å². The summed E-state index contributed by atoms with van der Waals surface area (Å²) in [6.45, 7) is 3.40. The molecular formula is C14H15N5O5. The Hall–Kier alpha value is -3.01. The Morgan fingerprint density at radius 3 is 2.92 bits per heavy atom. The monoisotopic (exact) mass is 333 g/mol. The Balaban J connectivity index is 2.02. The summed E-state index contributed by atoms with van der Waals surface area (Å²) in [6, 6.07) is 0. The van der Waals surface area contributed by atoms with Crippen molar-refractivity contribution < 1.29 is 19.4 Å². The minimum Gasteiger partial charge on any atom is -0.464 e. The lowest BCUT2D eigenvalue weighted by atomic mass is 10.2. The molecule has 3 N–H and O–H groups in total. The van der Waals surface area contributed by atoms with E-state index < -0.39 is 17.9 Å². The first-order valence-corrected chi connectivity index (χ1v) is 7.20. The molecule has 2 aromatic rings. The van der Waals surface area contributed by atoms with Gasteiger partial charge in [0.2, 0.25) is 18.1 Å². The van der Waals surface area contributed by atoms with Gasteiger partial charge in [-0.1, -0.05) is 13.8 Å². The zero-order valence-corrected chi connectivity index (χ0v) is 12.9. The van der Waals surface area contributed by atoms with Gasteiger partial charge < -0.3 is 9.84 Å². The standard InChI is InChI=1S/C14H15N5O5/c1-6(2)11(22)17-14-16-10-9(12(23)18-14)15-5-19(10)13-8(21)3-7(4-20)24-13/h3-6,8,13,21H,1-2H3,(H2,16,17,18,22,23). The van der Waals surface area contributed by atoms with Gasteiger partial charge in [-0.05, 0) is 6.08 Å². The summed E-state index contributed by atoms with van der Waals surface area (Å²) in [4.78, 5) is 45.2. The van der Waals surface area contributed by atoms with Crippen molar-refractivity contribution in [2.45, 2.75) is 26.2 Å². The number of carbonyl (C=O) groups is 2. The zero-order chi connectivity index (χ0) is 17.4. The van der Waals surface area contributed by atoms with Crippen LogP contribution in [0.25, 0.3) is 11.2 Å². The van der Waals surface area contributed by atoms with E-state index in [9.17, 15) is 19.5 Å². The second kappa shape index (κ2) is 5.89. The molecule has 1 aliphatic heterocycles. The molecule has 10 heteroatoms. The second-order valence-corrected chi connectivity index (χ2v) is 5.57. The van der Waals surface area contributed by atoms with Crippen molar-refractivity contribution in [1.29, 1.82) is 0 Å². The van der Waals surface area contributed by atoms with Crippen LogP contribution in [0.5, 0.6) is 0 Å². The van der Waals surface area contributed by atoms with Crippen LogP contribution in [0, 0.1) is 5.92 Å². The normalized spacial score (nSPS) is 20.1. The summed E-state index contributed by atoms with van der Waals surface area (Å²) in [7, 11) is 0. The summed E-state index contributed by atoms with van der Waals surface area (Å²) in [5.41, 5.74) is -0.413. The van der Waals surface area contributed by atoms with E-state index in [0.717, 1.165) is 0 Å². The van der Waals surface area contributed by atoms with Gasteiger partial charge in [-0.25, -0.2) is 4.98 Å². The van der Waals surface area contributed by atoms with Gasteiger partial charge in [0.05, 0.1) is 0 Å². The lowest BCUT2D eigenvalue weighted by Crippen LogP contribution is -2.23. The summed E-state index contributed by atoms with van der Waals surface area (Å²) in [5.74, 6) is -0.669. The van der Waals surface area contributed by atoms with Crippen LogP contribution < -0.4 is 10.9 Å². The summed E-state index contributed by atoms with van der Waals surface area (Å²) in [5, 5.41) is 12.5. The number of anilines is 1. The highest BCUT2D eigenvalue weighted by Gasteiger charge is 2.31. The molecule has 1 amide bonds. The van der Waals surface area contributed by atoms with E-state index in [-0.39, 0.29) is 34.7 Å². The first kappa shape index (κ1) is 15.9. The van der Waals surface area contributed by atoms with Crippen LogP contribution in [0.2, 0.25) is 0 Å². The highest BCUT2D eigenvalue weighted by molar-refractivity contribution is 5.91. The Kier molecular flexibility index (Phi) is 3.89. The molecule has 24 heavy (non-hydrogen) atoms. The number of carbonyl (C=O) groups excluding carboxylic acids is 2. The minimum absolute atomic E-state index is 0.0208. The predicted octanol–water partition coefficient (Wildman–Crippen LogP) is -0.313. The number of hydrogen-bond donors (Lipinski definition) is 3. The van der Waals surface area contributed by atoms with Gasteiger partial charge in [0.15, 0.2) is 23.2 Å². The van der Waals surface area contributed by atoms with Crippen molar-refractivity contribution in [3.63, 3.8) is 0 Å². The number of aliphatic hydroxyl groups excluding tert-OH is 1. The number of aliphatic hydroxyl groups is 1. The van der Waals surface area contributed by atoms with Gasteiger partial charge in [-0.15, -0.1) is 0 Å². The van der Waals surface area contributed by atoms with E-state index >= 15 is 0 Å². The van der Waals surface area contributed by atoms with Crippen molar-refractivity contribution in [2.75, 3.05) is 5.32 Å². The maximum Gasteiger partial charge on any atom is 0.280 e. The molecule has 0 spiro atoms. The zero-order valence-electron chi connectivity index (χ0n) is 12.9. The average molecular weight is 333 g/mol. The number of aromatic amines is 1. The molecule has 0 aliphatic carbocycles. The number of ether oxygens (including phenoxy) is 1. The lowest BCUT2D eigenvalue weighted by Gasteiger charge is -2.17. The van der Waals surface area contributed by atoms with E-state index in [1.807, 2.05) is 0 Å². The number of aldehydes is 1. The Morgan fingerprint density at radius 2 is 2.29 bits per heavy atom. The molecule has 0 saturated heterocycles. The van der Waals surface area contributed by atoms with E-state index in [1.54, 1.807) is 13.8 Å². The average Bonchev–Trinajstić information content (AvgIpc) is 3.10. The Bertz CT molecular complexity index is 897.